The maximum atomic E-state index is 13.2. The predicted octanol–water partition coefficient (Wildman–Crippen LogP) is 4.33. The van der Waals surface area contributed by atoms with Gasteiger partial charge in [0.15, 0.2) is 0 Å². The van der Waals surface area contributed by atoms with Gasteiger partial charge in [0.25, 0.3) is 5.91 Å². The summed E-state index contributed by atoms with van der Waals surface area (Å²) in [7, 11) is 0. The van der Waals surface area contributed by atoms with Crippen LogP contribution in [0.1, 0.15) is 38.5 Å². The average Bonchev–Trinajstić information content (AvgIpc) is 3.36. The summed E-state index contributed by atoms with van der Waals surface area (Å²) in [4.78, 5) is 42.2. The highest BCUT2D eigenvalue weighted by Crippen LogP contribution is 2.32. The van der Waals surface area contributed by atoms with Gasteiger partial charge in [-0.1, -0.05) is 43.5 Å². The maximum Gasteiger partial charge on any atom is 0.257 e. The minimum atomic E-state index is -0.692. The van der Waals surface area contributed by atoms with E-state index in [-0.39, 0.29) is 30.2 Å². The number of para-hydroxylation sites is 1. The van der Waals surface area contributed by atoms with Crippen LogP contribution in [-0.4, -0.2) is 40.5 Å². The number of anilines is 1. The number of rotatable bonds is 6. The van der Waals surface area contributed by atoms with Crippen molar-refractivity contribution >= 4 is 46.5 Å². The van der Waals surface area contributed by atoms with Crippen molar-refractivity contribution in [3.8, 4) is 0 Å². The van der Waals surface area contributed by atoms with Crippen molar-refractivity contribution in [1.82, 2.24) is 4.90 Å². The molecule has 5 nitrogen and oxygen atoms in total. The third kappa shape index (κ3) is 4.41. The quantitative estimate of drug-likeness (QED) is 0.507. The Hall–Kier alpha value is -2.12. The highest BCUT2D eigenvalue weighted by Gasteiger charge is 2.46. The number of thiophene rings is 1. The van der Waals surface area contributed by atoms with Crippen LogP contribution in [0, 0.1) is 0 Å². The largest absolute Gasteiger partial charge is 0.326 e. The summed E-state index contributed by atoms with van der Waals surface area (Å²) in [6, 6.07) is 12.3. The molecule has 1 aliphatic heterocycles. The Labute approximate surface area is 179 Å². The van der Waals surface area contributed by atoms with Crippen LogP contribution >= 0.6 is 23.1 Å². The normalized spacial score (nSPS) is 20.3. The van der Waals surface area contributed by atoms with Crippen molar-refractivity contribution in [2.75, 3.05) is 10.7 Å². The number of hydrogen-bond acceptors (Lipinski definition) is 5. The van der Waals surface area contributed by atoms with E-state index in [9.17, 15) is 14.4 Å². The van der Waals surface area contributed by atoms with Crippen LogP contribution in [0.4, 0.5) is 5.69 Å². The Bertz CT molecular complexity index is 863. The third-order valence-electron chi connectivity index (χ3n) is 5.56. The number of benzene rings is 1. The highest BCUT2D eigenvalue weighted by atomic mass is 32.2. The Balaban J connectivity index is 1.56. The smallest absolute Gasteiger partial charge is 0.257 e. The van der Waals surface area contributed by atoms with E-state index in [0.29, 0.717) is 11.4 Å². The molecule has 1 aliphatic carbocycles. The first-order chi connectivity index (χ1) is 14.1. The Kier molecular flexibility index (Phi) is 6.35. The lowest BCUT2D eigenvalue weighted by Gasteiger charge is -2.37. The van der Waals surface area contributed by atoms with Gasteiger partial charge in [-0.25, -0.2) is 4.90 Å². The van der Waals surface area contributed by atoms with Gasteiger partial charge in [-0.05, 0) is 36.4 Å². The zero-order chi connectivity index (χ0) is 20.2. The number of nitrogens with zero attached hydrogens (tertiary/aromatic N) is 2. The van der Waals surface area contributed by atoms with Gasteiger partial charge in [0, 0.05) is 6.04 Å². The van der Waals surface area contributed by atoms with Crippen molar-refractivity contribution in [1.29, 1.82) is 0 Å². The first kappa shape index (κ1) is 20.2. The molecule has 1 saturated heterocycles. The maximum absolute atomic E-state index is 13.2. The molecule has 0 spiro atoms. The fourth-order valence-corrected chi connectivity index (χ4v) is 5.88. The molecule has 4 rings (SSSR count). The highest BCUT2D eigenvalue weighted by molar-refractivity contribution is 8.01. The van der Waals surface area contributed by atoms with Crippen molar-refractivity contribution in [3.05, 3.63) is 47.8 Å². The SMILES string of the molecule is O=C1CC(N(C(=O)CSc2cccs2)C2CCCCC2)C(=O)N1c1ccccc1. The molecule has 2 fully saturated rings. The van der Waals surface area contributed by atoms with E-state index in [2.05, 4.69) is 0 Å². The lowest BCUT2D eigenvalue weighted by Crippen LogP contribution is -2.52. The first-order valence-corrected chi connectivity index (χ1v) is 11.9. The molecule has 0 bridgehead atoms. The van der Waals surface area contributed by atoms with Gasteiger partial charge in [0.2, 0.25) is 11.8 Å². The van der Waals surface area contributed by atoms with E-state index in [4.69, 9.17) is 0 Å². The fraction of sp³-hybridized carbons (Fsp3) is 0.409. The molecule has 3 amide bonds. The van der Waals surface area contributed by atoms with Gasteiger partial charge >= 0.3 is 0 Å². The molecule has 0 radical (unpaired) electrons. The summed E-state index contributed by atoms with van der Waals surface area (Å²) >= 11 is 3.11. The summed E-state index contributed by atoms with van der Waals surface area (Å²) < 4.78 is 1.08. The van der Waals surface area contributed by atoms with E-state index in [1.807, 2.05) is 35.7 Å². The van der Waals surface area contributed by atoms with Crippen molar-refractivity contribution in [3.63, 3.8) is 0 Å². The predicted molar refractivity (Wildman–Crippen MR) is 116 cm³/mol. The van der Waals surface area contributed by atoms with Crippen LogP contribution in [0.15, 0.2) is 52.1 Å². The van der Waals surface area contributed by atoms with Crippen LogP contribution in [0.2, 0.25) is 0 Å². The van der Waals surface area contributed by atoms with E-state index in [1.165, 1.54) is 16.7 Å². The van der Waals surface area contributed by atoms with Gasteiger partial charge in [-0.15, -0.1) is 23.1 Å². The van der Waals surface area contributed by atoms with E-state index in [1.54, 1.807) is 28.4 Å². The minimum Gasteiger partial charge on any atom is -0.326 e. The molecular formula is C22H24N2O3S2. The Morgan fingerprint density at radius 1 is 1.07 bits per heavy atom. The molecule has 0 N–H and O–H groups in total. The minimum absolute atomic E-state index is 0.0395. The molecule has 2 heterocycles. The van der Waals surface area contributed by atoms with Crippen LogP contribution in [-0.2, 0) is 14.4 Å². The molecule has 152 valence electrons. The van der Waals surface area contributed by atoms with Crippen molar-refractivity contribution in [2.45, 2.75) is 54.8 Å². The summed E-state index contributed by atoms with van der Waals surface area (Å²) in [6.45, 7) is 0. The average molecular weight is 429 g/mol. The van der Waals surface area contributed by atoms with E-state index < -0.39 is 6.04 Å². The molecule has 7 heteroatoms. The van der Waals surface area contributed by atoms with Crippen LogP contribution in [0.5, 0.6) is 0 Å². The summed E-state index contributed by atoms with van der Waals surface area (Å²) in [6.07, 6.45) is 5.15. The summed E-state index contributed by atoms with van der Waals surface area (Å²) in [5, 5.41) is 1.99. The topological polar surface area (TPSA) is 57.7 Å². The zero-order valence-electron chi connectivity index (χ0n) is 16.2. The molecule has 1 aromatic heterocycles. The first-order valence-electron chi connectivity index (χ1n) is 10.0. The second-order valence-electron chi connectivity index (χ2n) is 7.44. The van der Waals surface area contributed by atoms with Gasteiger partial charge in [-0.2, -0.15) is 0 Å². The lowest BCUT2D eigenvalue weighted by molar-refractivity contribution is -0.139. The van der Waals surface area contributed by atoms with E-state index in [0.717, 1.165) is 36.3 Å². The molecule has 1 unspecified atom stereocenters. The van der Waals surface area contributed by atoms with Gasteiger partial charge in [-0.3, -0.25) is 14.4 Å². The second kappa shape index (κ2) is 9.13. The van der Waals surface area contributed by atoms with Crippen molar-refractivity contribution < 1.29 is 14.4 Å². The molecule has 1 saturated carbocycles. The summed E-state index contributed by atoms with van der Waals surface area (Å²) in [5.41, 5.74) is 0.578. The van der Waals surface area contributed by atoms with Crippen LogP contribution < -0.4 is 4.90 Å². The Morgan fingerprint density at radius 2 is 1.83 bits per heavy atom. The number of carbonyl (C=O) groups excluding carboxylic acids is 3. The zero-order valence-corrected chi connectivity index (χ0v) is 17.8. The number of carbonyl (C=O) groups is 3. The molecule has 2 aliphatic rings. The van der Waals surface area contributed by atoms with Crippen LogP contribution in [0.3, 0.4) is 0 Å². The fourth-order valence-electron chi connectivity index (χ4n) is 4.23. The van der Waals surface area contributed by atoms with E-state index >= 15 is 0 Å². The third-order valence-corrected chi connectivity index (χ3v) is 7.68. The molecular weight excluding hydrogens is 404 g/mol. The molecule has 1 aromatic carbocycles. The standard InChI is InChI=1S/C22H24N2O3S2/c25-19-14-18(22(27)24(19)17-10-5-2-6-11-17)23(16-8-3-1-4-9-16)20(26)15-29-21-12-7-13-28-21/h2,5-7,10-13,16,18H,1,3-4,8-9,14-15H2. The molecule has 29 heavy (non-hydrogen) atoms. The summed E-state index contributed by atoms with van der Waals surface area (Å²) in [5.74, 6) is -0.260. The van der Waals surface area contributed by atoms with Crippen molar-refractivity contribution in [2.24, 2.45) is 0 Å². The Morgan fingerprint density at radius 3 is 2.52 bits per heavy atom. The molecule has 1 atom stereocenters. The monoisotopic (exact) mass is 428 g/mol. The number of imide groups is 1. The number of thioether (sulfide) groups is 1. The number of amides is 3. The van der Waals surface area contributed by atoms with Crippen LogP contribution in [0.25, 0.3) is 0 Å². The second-order valence-corrected chi connectivity index (χ2v) is 9.66. The number of hydrogen-bond donors (Lipinski definition) is 0. The van der Waals surface area contributed by atoms with Gasteiger partial charge in [0.05, 0.1) is 22.1 Å². The van der Waals surface area contributed by atoms with Gasteiger partial charge in [0.1, 0.15) is 6.04 Å². The molecule has 2 aromatic rings. The lowest BCUT2D eigenvalue weighted by atomic mass is 9.92. The van der Waals surface area contributed by atoms with Gasteiger partial charge < -0.3 is 4.90 Å².